The zero-order valence-electron chi connectivity index (χ0n) is 25.8. The first-order valence-corrected chi connectivity index (χ1v) is 16.1. The Morgan fingerprint density at radius 1 is 1.18 bits per heavy atom. The van der Waals surface area contributed by atoms with Gasteiger partial charge < -0.3 is 29.0 Å². The van der Waals surface area contributed by atoms with E-state index in [1.54, 1.807) is 4.90 Å². The van der Waals surface area contributed by atoms with Crippen LogP contribution in [0.3, 0.4) is 0 Å². The summed E-state index contributed by atoms with van der Waals surface area (Å²) in [6.07, 6.45) is 4.13. The minimum absolute atomic E-state index is 0.143. The van der Waals surface area contributed by atoms with Gasteiger partial charge in [-0.3, -0.25) is 9.69 Å². The van der Waals surface area contributed by atoms with E-state index in [-0.39, 0.29) is 18.5 Å². The van der Waals surface area contributed by atoms with Crippen molar-refractivity contribution in [2.75, 3.05) is 75.9 Å². The van der Waals surface area contributed by atoms with Gasteiger partial charge in [-0.2, -0.15) is 9.97 Å². The molecule has 1 aromatic heterocycles. The number of carbonyl (C=O) groups is 1. The Balaban J connectivity index is 1.29. The van der Waals surface area contributed by atoms with Crippen LogP contribution in [0.25, 0.3) is 15.6 Å². The van der Waals surface area contributed by atoms with Crippen LogP contribution >= 0.6 is 11.6 Å². The second-order valence-electron chi connectivity index (χ2n) is 11.9. The quantitative estimate of drug-likeness (QED) is 0.254. The van der Waals surface area contributed by atoms with Gasteiger partial charge in [0.25, 0.3) is 0 Å². The highest BCUT2D eigenvalue weighted by Gasteiger charge is 2.35. The zero-order chi connectivity index (χ0) is 31.3. The molecule has 6 rings (SSSR count). The Kier molecular flexibility index (Phi) is 9.69. The summed E-state index contributed by atoms with van der Waals surface area (Å²) in [6, 6.07) is 12.9. The lowest BCUT2D eigenvalue weighted by Gasteiger charge is -2.41. The van der Waals surface area contributed by atoms with Crippen LogP contribution in [-0.4, -0.2) is 104 Å². The minimum Gasteiger partial charge on any atom is -0.462 e. The van der Waals surface area contributed by atoms with Crippen LogP contribution in [0, 0.1) is 6.57 Å². The van der Waals surface area contributed by atoms with Crippen molar-refractivity contribution in [3.05, 3.63) is 76.8 Å². The molecule has 1 atom stereocenters. The monoisotopic (exact) mass is 629 g/mol. The van der Waals surface area contributed by atoms with Crippen molar-refractivity contribution < 1.29 is 14.3 Å². The molecule has 4 heterocycles. The lowest BCUT2D eigenvalue weighted by molar-refractivity contribution is -0.128. The Morgan fingerprint density at radius 2 is 1.98 bits per heavy atom. The number of anilines is 2. The molecular formula is C34H40ClN7O3. The molecular weight excluding hydrogens is 590 g/mol. The van der Waals surface area contributed by atoms with Crippen molar-refractivity contribution >= 4 is 39.8 Å². The van der Waals surface area contributed by atoms with Crippen LogP contribution in [0.5, 0.6) is 6.01 Å². The van der Waals surface area contributed by atoms with Gasteiger partial charge in [-0.15, -0.1) is 0 Å². The molecule has 2 saturated heterocycles. The van der Waals surface area contributed by atoms with Gasteiger partial charge >= 0.3 is 6.01 Å². The Hall–Kier alpha value is -3.91. The van der Waals surface area contributed by atoms with E-state index < -0.39 is 0 Å². The number of benzene rings is 2. The number of amides is 1. The van der Waals surface area contributed by atoms with E-state index in [1.165, 1.54) is 6.08 Å². The maximum atomic E-state index is 12.6. The normalized spacial score (nSPS) is 19.0. The molecule has 3 aromatic rings. The van der Waals surface area contributed by atoms with E-state index in [9.17, 15) is 4.79 Å². The number of nitrogens with zero attached hydrogens (tertiary/aromatic N) is 7. The SMILES string of the molecule is [C-]#[N+]C[C@H]1CN(c2nc(OCCN(C)C3CCOCC3)nc3c2CCN(c2cccc4cccc(Cl)c24)C3)CCN1C(=O)C=C. The van der Waals surface area contributed by atoms with Crippen LogP contribution in [0.1, 0.15) is 24.1 Å². The van der Waals surface area contributed by atoms with E-state index in [0.717, 1.165) is 84.1 Å². The Morgan fingerprint density at radius 3 is 2.76 bits per heavy atom. The number of carbonyl (C=O) groups excluding carboxylic acids is 1. The van der Waals surface area contributed by atoms with E-state index >= 15 is 0 Å². The van der Waals surface area contributed by atoms with Gasteiger partial charge in [-0.1, -0.05) is 42.4 Å². The van der Waals surface area contributed by atoms with E-state index in [2.05, 4.69) is 57.4 Å². The van der Waals surface area contributed by atoms with Gasteiger partial charge in [0, 0.05) is 68.6 Å². The van der Waals surface area contributed by atoms with Gasteiger partial charge in [-0.05, 0) is 49.9 Å². The molecule has 0 unspecified atom stereocenters. The first-order valence-electron chi connectivity index (χ1n) is 15.7. The fourth-order valence-corrected chi connectivity index (χ4v) is 7.04. The standard InChI is InChI=1S/C34H40ClN7O3/c1-4-31(43)42-16-15-41(22-26(42)21-36-2)33-27-11-14-40(30-10-6-8-24-7-5-9-28(35)32(24)30)23-29(27)37-34(38-33)45-20-17-39(3)25-12-18-44-19-13-25/h4-10,25-26H,1,11-23H2,3H3/t26-/m0/s1. The molecule has 10 nitrogen and oxygen atoms in total. The van der Waals surface area contributed by atoms with Gasteiger partial charge in [0.2, 0.25) is 12.5 Å². The number of aromatic nitrogens is 2. The molecule has 0 N–H and O–H groups in total. The van der Waals surface area contributed by atoms with Crippen LogP contribution in [0.15, 0.2) is 49.1 Å². The molecule has 2 fully saturated rings. The summed E-state index contributed by atoms with van der Waals surface area (Å²) in [6.45, 7) is 17.2. The third kappa shape index (κ3) is 6.71. The molecule has 0 bridgehead atoms. The molecule has 0 aliphatic carbocycles. The van der Waals surface area contributed by atoms with Crippen LogP contribution in [0.4, 0.5) is 11.5 Å². The van der Waals surface area contributed by atoms with E-state index in [4.69, 9.17) is 37.6 Å². The lowest BCUT2D eigenvalue weighted by Crippen LogP contribution is -2.56. The minimum atomic E-state index is -0.247. The van der Waals surface area contributed by atoms with E-state index in [0.29, 0.717) is 44.8 Å². The maximum Gasteiger partial charge on any atom is 0.318 e. The second kappa shape index (κ2) is 14.0. The van der Waals surface area contributed by atoms with Crippen molar-refractivity contribution in [1.29, 1.82) is 0 Å². The van der Waals surface area contributed by atoms with Gasteiger partial charge in [0.15, 0.2) is 0 Å². The third-order valence-electron chi connectivity index (χ3n) is 9.23. The summed E-state index contributed by atoms with van der Waals surface area (Å²) in [5.74, 6) is 0.694. The van der Waals surface area contributed by atoms with Gasteiger partial charge in [0.1, 0.15) is 18.5 Å². The average Bonchev–Trinajstić information content (AvgIpc) is 3.07. The molecule has 236 valence electrons. The molecule has 0 spiro atoms. The molecule has 45 heavy (non-hydrogen) atoms. The fraction of sp³-hybridized carbons (Fsp3) is 0.471. The lowest BCUT2D eigenvalue weighted by atomic mass is 10.0. The number of likely N-dealkylation sites (N-methyl/N-ethyl adjacent to an activating group) is 1. The predicted molar refractivity (Wildman–Crippen MR) is 177 cm³/mol. The summed E-state index contributed by atoms with van der Waals surface area (Å²) in [5, 5.41) is 2.87. The molecule has 11 heteroatoms. The first kappa shape index (κ1) is 31.1. The van der Waals surface area contributed by atoms with Crippen LogP contribution < -0.4 is 14.5 Å². The van der Waals surface area contributed by atoms with Crippen molar-refractivity contribution in [2.45, 2.75) is 37.9 Å². The highest BCUT2D eigenvalue weighted by atomic mass is 35.5. The number of ether oxygens (including phenoxy) is 2. The van der Waals surface area contributed by atoms with E-state index in [1.807, 2.05) is 12.1 Å². The number of rotatable bonds is 9. The largest absolute Gasteiger partial charge is 0.462 e. The fourth-order valence-electron chi connectivity index (χ4n) is 6.77. The van der Waals surface area contributed by atoms with Crippen molar-refractivity contribution in [1.82, 2.24) is 19.8 Å². The summed E-state index contributed by atoms with van der Waals surface area (Å²) < 4.78 is 11.8. The number of piperazine rings is 1. The average molecular weight is 630 g/mol. The molecule has 3 aliphatic heterocycles. The van der Waals surface area contributed by atoms with Gasteiger partial charge in [-0.25, -0.2) is 6.57 Å². The Bertz CT molecular complexity index is 1580. The summed E-state index contributed by atoms with van der Waals surface area (Å²) in [5.41, 5.74) is 3.10. The summed E-state index contributed by atoms with van der Waals surface area (Å²) >= 11 is 6.71. The van der Waals surface area contributed by atoms with Crippen LogP contribution in [-0.2, 0) is 22.5 Å². The van der Waals surface area contributed by atoms with Crippen molar-refractivity contribution in [3.8, 4) is 6.01 Å². The predicted octanol–water partition coefficient (Wildman–Crippen LogP) is 4.46. The molecule has 1 amide bonds. The summed E-state index contributed by atoms with van der Waals surface area (Å²) in [4.78, 5) is 34.8. The smallest absolute Gasteiger partial charge is 0.318 e. The number of hydrogen-bond donors (Lipinski definition) is 0. The zero-order valence-corrected chi connectivity index (χ0v) is 26.6. The number of hydrogen-bond acceptors (Lipinski definition) is 8. The first-order chi connectivity index (χ1) is 22.0. The molecule has 3 aliphatic rings. The third-order valence-corrected chi connectivity index (χ3v) is 9.54. The highest BCUT2D eigenvalue weighted by molar-refractivity contribution is 6.36. The van der Waals surface area contributed by atoms with Crippen molar-refractivity contribution in [3.63, 3.8) is 0 Å². The van der Waals surface area contributed by atoms with Crippen molar-refractivity contribution in [2.24, 2.45) is 0 Å². The second-order valence-corrected chi connectivity index (χ2v) is 12.3. The highest BCUT2D eigenvalue weighted by Crippen LogP contribution is 2.37. The summed E-state index contributed by atoms with van der Waals surface area (Å²) in [7, 11) is 2.13. The molecule has 2 aromatic carbocycles. The molecule has 0 radical (unpaired) electrons. The molecule has 0 saturated carbocycles. The van der Waals surface area contributed by atoms with Gasteiger partial charge in [0.05, 0.1) is 17.3 Å². The van der Waals surface area contributed by atoms with Crippen LogP contribution in [0.2, 0.25) is 5.02 Å². The number of halogens is 1. The Labute approximate surface area is 270 Å². The topological polar surface area (TPSA) is 78.6 Å². The number of fused-ring (bicyclic) bond motifs is 2. The maximum absolute atomic E-state index is 12.6.